The molecule has 0 aliphatic heterocycles. The van der Waals surface area contributed by atoms with E-state index in [1.165, 1.54) is 0 Å². The van der Waals surface area contributed by atoms with Gasteiger partial charge in [-0.15, -0.1) is 0 Å². The molecule has 0 aromatic carbocycles. The van der Waals surface area contributed by atoms with E-state index in [0.29, 0.717) is 19.4 Å². The van der Waals surface area contributed by atoms with Crippen molar-refractivity contribution in [3.63, 3.8) is 0 Å². The SMILES string of the molecule is CCOC(C)(OCC)OP(C)(=O)CC. The predicted octanol–water partition coefficient (Wildman–Crippen LogP) is 2.68. The van der Waals surface area contributed by atoms with Gasteiger partial charge in [0.15, 0.2) is 0 Å². The van der Waals surface area contributed by atoms with Crippen molar-refractivity contribution in [3.05, 3.63) is 0 Å². The van der Waals surface area contributed by atoms with Crippen LogP contribution in [0.5, 0.6) is 0 Å². The van der Waals surface area contributed by atoms with Crippen LogP contribution >= 0.6 is 7.37 Å². The van der Waals surface area contributed by atoms with Crippen molar-refractivity contribution in [2.75, 3.05) is 26.0 Å². The summed E-state index contributed by atoms with van der Waals surface area (Å²) in [5.74, 6) is -1.18. The first-order valence-corrected chi connectivity index (χ1v) is 7.20. The molecule has 4 nitrogen and oxygen atoms in total. The Hall–Kier alpha value is 0.110. The Morgan fingerprint density at radius 1 is 1.14 bits per heavy atom. The zero-order chi connectivity index (χ0) is 11.2. The summed E-state index contributed by atoms with van der Waals surface area (Å²) in [4.78, 5) is 0. The standard InChI is InChI=1S/C9H21O4P/c1-6-11-9(4,12-7-2)13-14(5,10)8-3/h6-8H2,1-5H3. The van der Waals surface area contributed by atoms with Gasteiger partial charge in [-0.2, -0.15) is 0 Å². The minimum Gasteiger partial charge on any atom is -0.328 e. The van der Waals surface area contributed by atoms with Gasteiger partial charge in [-0.05, 0) is 13.8 Å². The Morgan fingerprint density at radius 3 is 1.86 bits per heavy atom. The van der Waals surface area contributed by atoms with Crippen LogP contribution in [0, 0.1) is 0 Å². The Bertz CT molecular complexity index is 199. The summed E-state index contributed by atoms with van der Waals surface area (Å²) < 4.78 is 27.7. The molecule has 0 aliphatic rings. The van der Waals surface area contributed by atoms with Crippen molar-refractivity contribution in [1.82, 2.24) is 0 Å². The quantitative estimate of drug-likeness (QED) is 0.492. The van der Waals surface area contributed by atoms with Crippen LogP contribution in [0.2, 0.25) is 0 Å². The second-order valence-electron chi connectivity index (χ2n) is 3.15. The Morgan fingerprint density at radius 2 is 1.57 bits per heavy atom. The summed E-state index contributed by atoms with van der Waals surface area (Å²) in [7, 11) is -2.60. The molecule has 0 aromatic rings. The Labute approximate surface area is 86.4 Å². The van der Waals surface area contributed by atoms with E-state index in [-0.39, 0.29) is 0 Å². The number of ether oxygens (including phenoxy) is 2. The maximum Gasteiger partial charge on any atom is 0.285 e. The van der Waals surface area contributed by atoms with Crippen LogP contribution in [-0.4, -0.2) is 32.0 Å². The van der Waals surface area contributed by atoms with Gasteiger partial charge >= 0.3 is 0 Å². The molecule has 0 saturated heterocycles. The van der Waals surface area contributed by atoms with Crippen LogP contribution in [0.3, 0.4) is 0 Å². The van der Waals surface area contributed by atoms with Gasteiger partial charge in [0.2, 0.25) is 7.37 Å². The summed E-state index contributed by atoms with van der Waals surface area (Å²) in [6, 6.07) is 0. The highest BCUT2D eigenvalue weighted by atomic mass is 31.2. The van der Waals surface area contributed by atoms with Crippen molar-refractivity contribution in [1.29, 1.82) is 0 Å². The van der Waals surface area contributed by atoms with E-state index in [1.807, 2.05) is 20.8 Å². The van der Waals surface area contributed by atoms with Crippen LogP contribution in [0.25, 0.3) is 0 Å². The molecule has 0 fully saturated rings. The average Bonchev–Trinajstić information content (AvgIpc) is 2.03. The van der Waals surface area contributed by atoms with Crippen molar-refractivity contribution in [2.45, 2.75) is 33.7 Å². The maximum atomic E-state index is 11.8. The summed E-state index contributed by atoms with van der Waals surface area (Å²) in [6.07, 6.45) is 0.475. The molecule has 0 aliphatic carbocycles. The fraction of sp³-hybridized carbons (Fsp3) is 1.00. The molecule has 86 valence electrons. The first-order valence-electron chi connectivity index (χ1n) is 4.94. The first-order chi connectivity index (χ1) is 6.39. The zero-order valence-corrected chi connectivity index (χ0v) is 10.6. The molecule has 5 heteroatoms. The number of rotatable bonds is 7. The monoisotopic (exact) mass is 224 g/mol. The fourth-order valence-electron chi connectivity index (χ4n) is 1.03. The highest BCUT2D eigenvalue weighted by Crippen LogP contribution is 2.46. The smallest absolute Gasteiger partial charge is 0.285 e. The second kappa shape index (κ2) is 5.86. The van der Waals surface area contributed by atoms with E-state index in [0.717, 1.165) is 0 Å². The van der Waals surface area contributed by atoms with E-state index in [9.17, 15) is 4.57 Å². The molecule has 0 aromatic heterocycles. The van der Waals surface area contributed by atoms with Crippen molar-refractivity contribution >= 4 is 7.37 Å². The molecule has 0 radical (unpaired) electrons. The summed E-state index contributed by atoms with van der Waals surface area (Å²) >= 11 is 0. The third-order valence-electron chi connectivity index (χ3n) is 1.75. The lowest BCUT2D eigenvalue weighted by molar-refractivity contribution is -0.328. The van der Waals surface area contributed by atoms with Gasteiger partial charge in [0.25, 0.3) is 5.97 Å². The molecule has 0 rings (SSSR count). The van der Waals surface area contributed by atoms with Crippen LogP contribution in [0.1, 0.15) is 27.7 Å². The minimum atomic E-state index is -2.60. The molecule has 14 heavy (non-hydrogen) atoms. The van der Waals surface area contributed by atoms with Crippen molar-refractivity contribution < 1.29 is 18.6 Å². The average molecular weight is 224 g/mol. The maximum absolute atomic E-state index is 11.8. The molecule has 0 saturated carbocycles. The highest BCUT2D eigenvalue weighted by molar-refractivity contribution is 7.58. The fourth-order valence-corrected chi connectivity index (χ4v) is 1.97. The van der Waals surface area contributed by atoms with E-state index in [4.69, 9.17) is 14.0 Å². The molecule has 0 amide bonds. The lowest BCUT2D eigenvalue weighted by atomic mass is 10.6. The lowest BCUT2D eigenvalue weighted by Crippen LogP contribution is -2.35. The van der Waals surface area contributed by atoms with Crippen molar-refractivity contribution in [2.24, 2.45) is 0 Å². The predicted molar refractivity (Wildman–Crippen MR) is 56.8 cm³/mol. The normalized spacial score (nSPS) is 16.6. The van der Waals surface area contributed by atoms with Gasteiger partial charge < -0.3 is 9.47 Å². The van der Waals surface area contributed by atoms with Crippen molar-refractivity contribution in [3.8, 4) is 0 Å². The van der Waals surface area contributed by atoms with Crippen LogP contribution in [0.15, 0.2) is 0 Å². The lowest BCUT2D eigenvalue weighted by Gasteiger charge is -2.31. The molecule has 0 bridgehead atoms. The summed E-state index contributed by atoms with van der Waals surface area (Å²) in [5.41, 5.74) is 0. The topological polar surface area (TPSA) is 44.8 Å². The second-order valence-corrected chi connectivity index (χ2v) is 5.99. The zero-order valence-electron chi connectivity index (χ0n) is 9.70. The Balaban J connectivity index is 4.42. The third-order valence-corrected chi connectivity index (χ3v) is 3.61. The van der Waals surface area contributed by atoms with Gasteiger partial charge in [-0.25, -0.2) is 0 Å². The summed E-state index contributed by atoms with van der Waals surface area (Å²) in [5, 5.41) is 0. The molecule has 1 atom stereocenters. The van der Waals surface area contributed by atoms with Gasteiger partial charge in [-0.3, -0.25) is 9.09 Å². The van der Waals surface area contributed by atoms with Crippen LogP contribution < -0.4 is 0 Å². The van der Waals surface area contributed by atoms with Crippen LogP contribution in [0.4, 0.5) is 0 Å². The van der Waals surface area contributed by atoms with E-state index < -0.39 is 13.3 Å². The number of hydrogen-bond donors (Lipinski definition) is 0. The van der Waals surface area contributed by atoms with Gasteiger partial charge in [0.1, 0.15) is 0 Å². The highest BCUT2D eigenvalue weighted by Gasteiger charge is 2.33. The van der Waals surface area contributed by atoms with E-state index >= 15 is 0 Å². The molecule has 1 unspecified atom stereocenters. The summed E-state index contributed by atoms with van der Waals surface area (Å²) in [6.45, 7) is 9.65. The van der Waals surface area contributed by atoms with Gasteiger partial charge in [-0.1, -0.05) is 6.92 Å². The largest absolute Gasteiger partial charge is 0.328 e. The molecule has 0 heterocycles. The Kier molecular flexibility index (Phi) is 5.91. The first kappa shape index (κ1) is 14.1. The van der Waals surface area contributed by atoms with E-state index in [2.05, 4.69) is 0 Å². The molecule has 0 spiro atoms. The van der Waals surface area contributed by atoms with Crippen LogP contribution in [-0.2, 0) is 18.6 Å². The molecular weight excluding hydrogens is 203 g/mol. The van der Waals surface area contributed by atoms with Gasteiger partial charge in [0, 0.05) is 33.0 Å². The van der Waals surface area contributed by atoms with E-state index in [1.54, 1.807) is 13.6 Å². The number of hydrogen-bond acceptors (Lipinski definition) is 4. The molecular formula is C9H21O4P. The minimum absolute atomic E-state index is 0.459. The third kappa shape index (κ3) is 5.11. The molecule has 0 N–H and O–H groups in total. The van der Waals surface area contributed by atoms with Gasteiger partial charge in [0.05, 0.1) is 0 Å².